The van der Waals surface area contributed by atoms with Crippen molar-refractivity contribution in [1.29, 1.82) is 0 Å². The van der Waals surface area contributed by atoms with E-state index >= 15 is 0 Å². The molecule has 2 aromatic heterocycles. The van der Waals surface area contributed by atoms with Crippen molar-refractivity contribution in [2.24, 2.45) is 4.99 Å². The summed E-state index contributed by atoms with van der Waals surface area (Å²) in [6, 6.07) is 17.2. The highest BCUT2D eigenvalue weighted by molar-refractivity contribution is 7.07. The smallest absolute Gasteiger partial charge is 0.338 e. The van der Waals surface area contributed by atoms with Crippen LogP contribution in [0.2, 0.25) is 10.0 Å². The maximum absolute atomic E-state index is 13.8. The Morgan fingerprint density at radius 2 is 1.87 bits per heavy atom. The van der Waals surface area contributed by atoms with Crippen LogP contribution in [0.3, 0.4) is 0 Å². The molecule has 1 atom stereocenters. The van der Waals surface area contributed by atoms with E-state index in [1.54, 1.807) is 55.5 Å². The van der Waals surface area contributed by atoms with Crippen molar-refractivity contribution in [2.45, 2.75) is 13.0 Å². The van der Waals surface area contributed by atoms with Crippen LogP contribution in [0.1, 0.15) is 24.3 Å². The molecule has 4 aromatic rings. The molecule has 1 unspecified atom stereocenters. The average Bonchev–Trinajstić information content (AvgIpc) is 3.48. The predicted octanol–water partition coefficient (Wildman–Crippen LogP) is 4.99. The molecule has 10 heteroatoms. The molecule has 7 nitrogen and oxygen atoms in total. The first-order valence-electron chi connectivity index (χ1n) is 11.7. The van der Waals surface area contributed by atoms with Crippen molar-refractivity contribution in [3.05, 3.63) is 113 Å². The lowest BCUT2D eigenvalue weighted by Crippen LogP contribution is -2.40. The number of nitrogens with zero attached hydrogens (tertiary/aromatic N) is 2. The number of methoxy groups -OCH3 is 1. The van der Waals surface area contributed by atoms with Gasteiger partial charge in [-0.15, -0.1) is 0 Å². The van der Waals surface area contributed by atoms with Crippen LogP contribution in [0.25, 0.3) is 17.4 Å². The summed E-state index contributed by atoms with van der Waals surface area (Å²) in [4.78, 5) is 32.0. The average molecular weight is 569 g/mol. The van der Waals surface area contributed by atoms with E-state index in [1.165, 1.54) is 23.0 Å². The number of carbonyl (C=O) groups excluding carboxylic acids is 1. The highest BCUT2D eigenvalue weighted by Gasteiger charge is 2.34. The molecule has 2 aromatic carbocycles. The summed E-state index contributed by atoms with van der Waals surface area (Å²) in [5.41, 5.74) is 1.83. The third-order valence-electron chi connectivity index (χ3n) is 5.99. The van der Waals surface area contributed by atoms with E-state index in [4.69, 9.17) is 37.1 Å². The van der Waals surface area contributed by atoms with Crippen molar-refractivity contribution in [3.63, 3.8) is 0 Å². The Morgan fingerprint density at radius 3 is 2.61 bits per heavy atom. The van der Waals surface area contributed by atoms with Gasteiger partial charge in [-0.05, 0) is 55.0 Å². The van der Waals surface area contributed by atoms with Crippen molar-refractivity contribution < 1.29 is 18.7 Å². The van der Waals surface area contributed by atoms with Gasteiger partial charge in [-0.1, -0.05) is 52.7 Å². The Kier molecular flexibility index (Phi) is 7.67. The van der Waals surface area contributed by atoms with Crippen LogP contribution in [0.5, 0.6) is 0 Å². The lowest BCUT2D eigenvalue weighted by molar-refractivity contribution is -0.140. The zero-order valence-electron chi connectivity index (χ0n) is 20.4. The molecule has 3 heterocycles. The Labute approximate surface area is 231 Å². The predicted molar refractivity (Wildman–Crippen MR) is 147 cm³/mol. The van der Waals surface area contributed by atoms with Crippen molar-refractivity contribution >= 4 is 46.6 Å². The van der Waals surface area contributed by atoms with Gasteiger partial charge in [0.2, 0.25) is 0 Å². The Bertz CT molecular complexity index is 1720. The number of thiazole rings is 1. The fourth-order valence-corrected chi connectivity index (χ4v) is 5.59. The van der Waals surface area contributed by atoms with Gasteiger partial charge in [0, 0.05) is 28.8 Å². The summed E-state index contributed by atoms with van der Waals surface area (Å²) in [6.45, 7) is 2.04. The zero-order valence-corrected chi connectivity index (χ0v) is 22.8. The van der Waals surface area contributed by atoms with Crippen LogP contribution in [0.15, 0.2) is 86.1 Å². The first-order valence-corrected chi connectivity index (χ1v) is 13.2. The number of hydrogen-bond donors (Lipinski definition) is 0. The largest absolute Gasteiger partial charge is 0.460 e. The summed E-state index contributed by atoms with van der Waals surface area (Å²) in [6.07, 6.45) is 1.67. The van der Waals surface area contributed by atoms with E-state index in [9.17, 15) is 9.59 Å². The maximum Gasteiger partial charge on any atom is 0.338 e. The number of ether oxygens (including phenoxy) is 2. The van der Waals surface area contributed by atoms with Crippen LogP contribution >= 0.6 is 34.5 Å². The molecular formula is C28H22Cl2N2O5S. The van der Waals surface area contributed by atoms with E-state index < -0.39 is 12.0 Å². The number of furan rings is 1. The van der Waals surface area contributed by atoms with E-state index in [2.05, 4.69) is 4.99 Å². The second kappa shape index (κ2) is 11.1. The summed E-state index contributed by atoms with van der Waals surface area (Å²) < 4.78 is 18.3. The number of esters is 1. The molecule has 1 aliphatic rings. The van der Waals surface area contributed by atoms with E-state index in [0.29, 0.717) is 42.2 Å². The third-order valence-corrected chi connectivity index (χ3v) is 7.57. The van der Waals surface area contributed by atoms with Gasteiger partial charge in [-0.3, -0.25) is 9.36 Å². The summed E-state index contributed by atoms with van der Waals surface area (Å²) in [5, 5.41) is 1.05. The molecule has 0 saturated heterocycles. The first kappa shape index (κ1) is 26.2. The van der Waals surface area contributed by atoms with Gasteiger partial charge in [0.15, 0.2) is 4.80 Å². The molecule has 194 valence electrons. The lowest BCUT2D eigenvalue weighted by atomic mass is 9.96. The van der Waals surface area contributed by atoms with Crippen molar-refractivity contribution in [1.82, 2.24) is 4.57 Å². The molecular weight excluding hydrogens is 547 g/mol. The topological polar surface area (TPSA) is 83.0 Å². The minimum absolute atomic E-state index is 0.0697. The highest BCUT2D eigenvalue weighted by atomic mass is 35.5. The maximum atomic E-state index is 13.8. The molecule has 0 fully saturated rings. The number of aromatic nitrogens is 1. The number of benzene rings is 2. The van der Waals surface area contributed by atoms with Crippen molar-refractivity contribution in [2.75, 3.05) is 20.3 Å². The Balaban J connectivity index is 1.61. The number of hydrogen-bond acceptors (Lipinski definition) is 7. The number of rotatable bonds is 7. The van der Waals surface area contributed by atoms with E-state index in [0.717, 1.165) is 5.56 Å². The fourth-order valence-electron chi connectivity index (χ4n) is 4.20. The van der Waals surface area contributed by atoms with Gasteiger partial charge < -0.3 is 13.9 Å². The van der Waals surface area contributed by atoms with Crippen molar-refractivity contribution in [3.8, 4) is 11.3 Å². The van der Waals surface area contributed by atoms with Crippen LogP contribution in [0, 0.1) is 0 Å². The Morgan fingerprint density at radius 1 is 1.11 bits per heavy atom. The monoisotopic (exact) mass is 568 g/mol. The highest BCUT2D eigenvalue weighted by Crippen LogP contribution is 2.34. The third kappa shape index (κ3) is 5.13. The molecule has 0 bridgehead atoms. The number of allylic oxidation sites excluding steroid dienone is 1. The summed E-state index contributed by atoms with van der Waals surface area (Å²) >= 11 is 13.8. The van der Waals surface area contributed by atoms with Crippen LogP contribution < -0.4 is 14.9 Å². The van der Waals surface area contributed by atoms with E-state index in [-0.39, 0.29) is 24.3 Å². The minimum atomic E-state index is -0.807. The lowest BCUT2D eigenvalue weighted by Gasteiger charge is -2.25. The zero-order chi connectivity index (χ0) is 26.8. The Hall–Kier alpha value is -3.43. The van der Waals surface area contributed by atoms with Crippen LogP contribution in [-0.4, -0.2) is 30.9 Å². The van der Waals surface area contributed by atoms with Gasteiger partial charge in [0.25, 0.3) is 5.56 Å². The minimum Gasteiger partial charge on any atom is -0.460 e. The molecule has 38 heavy (non-hydrogen) atoms. The van der Waals surface area contributed by atoms with E-state index in [1.807, 2.05) is 18.2 Å². The number of fused-ring (bicyclic) bond motifs is 1. The van der Waals surface area contributed by atoms with Crippen LogP contribution in [0.4, 0.5) is 0 Å². The molecule has 0 aliphatic carbocycles. The van der Waals surface area contributed by atoms with Gasteiger partial charge in [-0.2, -0.15) is 0 Å². The second-order valence-electron chi connectivity index (χ2n) is 8.44. The van der Waals surface area contributed by atoms with Gasteiger partial charge >= 0.3 is 5.97 Å². The van der Waals surface area contributed by atoms with Gasteiger partial charge in [-0.25, -0.2) is 9.79 Å². The molecule has 5 rings (SSSR count). The van der Waals surface area contributed by atoms with Gasteiger partial charge in [0.1, 0.15) is 24.2 Å². The second-order valence-corrected chi connectivity index (χ2v) is 10.3. The first-order chi connectivity index (χ1) is 18.4. The molecule has 0 saturated carbocycles. The molecule has 0 spiro atoms. The SMILES string of the molecule is COCCOC(=O)C1=C(C)N=c2sc(=Cc3ccc(-c4ccc(Cl)cc4)o3)c(=O)n2C1c1ccccc1Cl. The molecule has 1 aliphatic heterocycles. The normalized spacial score (nSPS) is 15.4. The number of halogens is 2. The molecule has 0 amide bonds. The summed E-state index contributed by atoms with van der Waals surface area (Å²) in [5.74, 6) is 0.567. The quantitative estimate of drug-likeness (QED) is 0.231. The summed E-state index contributed by atoms with van der Waals surface area (Å²) in [7, 11) is 1.52. The van der Waals surface area contributed by atoms with Crippen LogP contribution in [-0.2, 0) is 14.3 Å². The fraction of sp³-hybridized carbons (Fsp3) is 0.179. The molecule has 0 N–H and O–H groups in total. The molecule has 0 radical (unpaired) electrons. The number of carbonyl (C=O) groups is 1. The standard InChI is InChI=1S/C28H22Cl2N2O5S/c1-16-24(27(34)36-14-13-35-2)25(20-5-3-4-6-21(20)30)32-26(33)23(38-28(32)31-16)15-19-11-12-22(37-19)17-7-9-18(29)10-8-17/h3-12,15,25H,13-14H2,1-2H3. The van der Waals surface area contributed by atoms with Gasteiger partial charge in [0.05, 0.1) is 22.4 Å².